The summed E-state index contributed by atoms with van der Waals surface area (Å²) in [5, 5.41) is 3.26. The molecule has 0 aromatic heterocycles. The van der Waals surface area contributed by atoms with Gasteiger partial charge in [-0.1, -0.05) is 18.2 Å². The van der Waals surface area contributed by atoms with Gasteiger partial charge < -0.3 is 14.2 Å². The molecule has 1 aromatic carbocycles. The second kappa shape index (κ2) is 5.74. The van der Waals surface area contributed by atoms with Crippen LogP contribution in [0.15, 0.2) is 30.3 Å². The van der Waals surface area contributed by atoms with Crippen molar-refractivity contribution in [3.63, 3.8) is 0 Å². The fourth-order valence-corrected chi connectivity index (χ4v) is 1.95. The maximum atomic E-state index is 5.18. The second-order valence-electron chi connectivity index (χ2n) is 2.65. The van der Waals surface area contributed by atoms with Crippen LogP contribution in [0.25, 0.3) is 0 Å². The van der Waals surface area contributed by atoms with Crippen molar-refractivity contribution in [2.45, 2.75) is 0 Å². The van der Waals surface area contributed by atoms with Crippen LogP contribution in [0.5, 0.6) is 0 Å². The maximum Gasteiger partial charge on any atom is 0.340 e. The molecule has 0 aliphatic heterocycles. The minimum Gasteiger partial charge on any atom is -0.399 e. The second-order valence-corrected chi connectivity index (χ2v) is 4.86. The third-order valence-electron chi connectivity index (χ3n) is 1.77. The molecule has 0 aliphatic rings. The monoisotopic (exact) mass is 197 g/mol. The van der Waals surface area contributed by atoms with Crippen LogP contribution in [0.1, 0.15) is 0 Å². The summed E-state index contributed by atoms with van der Waals surface area (Å²) < 4.78 is 10.4. The summed E-state index contributed by atoms with van der Waals surface area (Å²) in [6.45, 7) is 0. The standard InChI is InChI=1S/C9H15NO2Si/c1-11-13(12-2)8-10-9-6-4-3-5-7-9/h3-7,10,13H,8H2,1-2H3. The zero-order valence-corrected chi connectivity index (χ0v) is 9.14. The molecule has 0 unspecified atom stereocenters. The van der Waals surface area contributed by atoms with Crippen molar-refractivity contribution in [2.24, 2.45) is 0 Å². The van der Waals surface area contributed by atoms with Gasteiger partial charge in [0.1, 0.15) is 0 Å². The molecule has 0 radical (unpaired) electrons. The summed E-state index contributed by atoms with van der Waals surface area (Å²) in [4.78, 5) is 0. The fraction of sp³-hybridized carbons (Fsp3) is 0.333. The lowest BCUT2D eigenvalue weighted by atomic mass is 10.3. The quantitative estimate of drug-likeness (QED) is 0.718. The molecule has 0 fully saturated rings. The highest BCUT2D eigenvalue weighted by Crippen LogP contribution is 2.04. The maximum absolute atomic E-state index is 5.18. The molecule has 1 N–H and O–H groups in total. The van der Waals surface area contributed by atoms with Crippen molar-refractivity contribution in [1.29, 1.82) is 0 Å². The van der Waals surface area contributed by atoms with Crippen molar-refractivity contribution in [1.82, 2.24) is 0 Å². The van der Waals surface area contributed by atoms with E-state index >= 15 is 0 Å². The van der Waals surface area contributed by atoms with E-state index in [9.17, 15) is 0 Å². The Morgan fingerprint density at radius 3 is 2.31 bits per heavy atom. The van der Waals surface area contributed by atoms with Gasteiger partial charge in [0, 0.05) is 19.9 Å². The number of benzene rings is 1. The van der Waals surface area contributed by atoms with Gasteiger partial charge in [-0.3, -0.25) is 0 Å². The zero-order valence-electron chi connectivity index (χ0n) is 7.99. The summed E-state index contributed by atoms with van der Waals surface area (Å²) >= 11 is 0. The molecule has 0 spiro atoms. The summed E-state index contributed by atoms with van der Waals surface area (Å²) in [5.41, 5.74) is 1.11. The van der Waals surface area contributed by atoms with Crippen molar-refractivity contribution < 1.29 is 8.85 Å². The van der Waals surface area contributed by atoms with E-state index in [1.807, 2.05) is 30.3 Å². The van der Waals surface area contributed by atoms with Gasteiger partial charge >= 0.3 is 9.28 Å². The predicted octanol–water partition coefficient (Wildman–Crippen LogP) is 1.15. The van der Waals surface area contributed by atoms with Gasteiger partial charge in [-0.2, -0.15) is 0 Å². The number of hydrogen-bond acceptors (Lipinski definition) is 3. The van der Waals surface area contributed by atoms with E-state index in [-0.39, 0.29) is 0 Å². The Morgan fingerprint density at radius 1 is 1.15 bits per heavy atom. The molecule has 0 saturated carbocycles. The summed E-state index contributed by atoms with van der Waals surface area (Å²) in [6.07, 6.45) is 0.789. The first-order valence-corrected chi connectivity index (χ1v) is 5.97. The van der Waals surface area contributed by atoms with Gasteiger partial charge in [0.15, 0.2) is 0 Å². The van der Waals surface area contributed by atoms with Gasteiger partial charge in [-0.15, -0.1) is 0 Å². The van der Waals surface area contributed by atoms with Crippen LogP contribution in [-0.2, 0) is 8.85 Å². The molecule has 1 rings (SSSR count). The normalized spacial score (nSPS) is 10.4. The smallest absolute Gasteiger partial charge is 0.340 e. The molecule has 0 atom stereocenters. The number of hydrogen-bond donors (Lipinski definition) is 1. The topological polar surface area (TPSA) is 30.5 Å². The average Bonchev–Trinajstić information content (AvgIpc) is 2.21. The molecule has 0 saturated heterocycles. The van der Waals surface area contributed by atoms with Crippen LogP contribution < -0.4 is 5.32 Å². The number of nitrogens with one attached hydrogen (secondary N) is 1. The van der Waals surface area contributed by atoms with E-state index in [1.54, 1.807) is 14.2 Å². The van der Waals surface area contributed by atoms with Gasteiger partial charge in [-0.05, 0) is 12.1 Å². The lowest BCUT2D eigenvalue weighted by molar-refractivity contribution is 0.280. The summed E-state index contributed by atoms with van der Waals surface area (Å²) in [5.74, 6) is 0. The van der Waals surface area contributed by atoms with Crippen LogP contribution in [0.2, 0.25) is 0 Å². The molecule has 4 heteroatoms. The molecule has 13 heavy (non-hydrogen) atoms. The third-order valence-corrected chi connectivity index (χ3v) is 3.36. The minimum atomic E-state index is -1.47. The molecule has 0 heterocycles. The van der Waals surface area contributed by atoms with Crippen molar-refractivity contribution >= 4 is 15.0 Å². The average molecular weight is 197 g/mol. The zero-order chi connectivity index (χ0) is 9.52. The molecular weight excluding hydrogens is 182 g/mol. The molecule has 1 aromatic rings. The van der Waals surface area contributed by atoms with Crippen LogP contribution in [0, 0.1) is 0 Å². The Labute approximate surface area is 80.5 Å². The first-order valence-electron chi connectivity index (χ1n) is 4.21. The third kappa shape index (κ3) is 3.58. The highest BCUT2D eigenvalue weighted by atomic mass is 28.3. The van der Waals surface area contributed by atoms with E-state index in [0.717, 1.165) is 11.9 Å². The lowest BCUT2D eigenvalue weighted by Crippen LogP contribution is -2.29. The van der Waals surface area contributed by atoms with Crippen molar-refractivity contribution in [2.75, 3.05) is 25.7 Å². The van der Waals surface area contributed by atoms with Gasteiger partial charge in [0.2, 0.25) is 0 Å². The molecule has 0 amide bonds. The van der Waals surface area contributed by atoms with Crippen molar-refractivity contribution in [3.05, 3.63) is 30.3 Å². The van der Waals surface area contributed by atoms with Crippen LogP contribution in [0.3, 0.4) is 0 Å². The fourth-order valence-electron chi connectivity index (χ4n) is 1.02. The minimum absolute atomic E-state index is 0.789. The SMILES string of the molecule is CO[SiH](CNc1ccccc1)OC. The number of anilines is 1. The van der Waals surface area contributed by atoms with E-state index < -0.39 is 9.28 Å². The summed E-state index contributed by atoms with van der Waals surface area (Å²) in [7, 11) is 1.90. The van der Waals surface area contributed by atoms with Crippen LogP contribution in [-0.4, -0.2) is 29.7 Å². The van der Waals surface area contributed by atoms with E-state index in [0.29, 0.717) is 0 Å². The van der Waals surface area contributed by atoms with Gasteiger partial charge in [0.25, 0.3) is 0 Å². The van der Waals surface area contributed by atoms with Crippen molar-refractivity contribution in [3.8, 4) is 0 Å². The van der Waals surface area contributed by atoms with Gasteiger partial charge in [-0.25, -0.2) is 0 Å². The van der Waals surface area contributed by atoms with Crippen LogP contribution >= 0.6 is 0 Å². The molecule has 0 bridgehead atoms. The molecule has 0 aliphatic carbocycles. The Kier molecular flexibility index (Phi) is 4.52. The Bertz CT molecular complexity index is 226. The lowest BCUT2D eigenvalue weighted by Gasteiger charge is -2.12. The van der Waals surface area contributed by atoms with E-state index in [1.165, 1.54) is 0 Å². The molecular formula is C9H15NO2Si. The predicted molar refractivity (Wildman–Crippen MR) is 56.1 cm³/mol. The highest BCUT2D eigenvalue weighted by molar-refractivity contribution is 6.45. The van der Waals surface area contributed by atoms with E-state index in [2.05, 4.69) is 5.32 Å². The first kappa shape index (κ1) is 10.2. The highest BCUT2D eigenvalue weighted by Gasteiger charge is 2.07. The number of para-hydroxylation sites is 1. The largest absolute Gasteiger partial charge is 0.399 e. The Balaban J connectivity index is 2.34. The van der Waals surface area contributed by atoms with E-state index in [4.69, 9.17) is 8.85 Å². The molecule has 3 nitrogen and oxygen atoms in total. The summed E-state index contributed by atoms with van der Waals surface area (Å²) in [6, 6.07) is 10.0. The van der Waals surface area contributed by atoms with Crippen LogP contribution in [0.4, 0.5) is 5.69 Å². The number of rotatable bonds is 5. The Morgan fingerprint density at radius 2 is 1.77 bits per heavy atom. The Hall–Kier alpha value is -0.843. The molecule has 72 valence electrons. The van der Waals surface area contributed by atoms with Gasteiger partial charge in [0.05, 0.1) is 6.17 Å². The first-order chi connectivity index (χ1) is 6.36.